The molecule has 0 aliphatic carbocycles. The highest BCUT2D eigenvalue weighted by Gasteiger charge is 2.32. The lowest BCUT2D eigenvalue weighted by atomic mass is 9.75. The van der Waals surface area contributed by atoms with Crippen molar-refractivity contribution in [2.24, 2.45) is 5.92 Å². The normalized spacial score (nSPS) is 14.2. The summed E-state index contributed by atoms with van der Waals surface area (Å²) in [4.78, 5) is 25.8. The molecule has 1 aliphatic rings. The first-order chi connectivity index (χ1) is 15.0. The van der Waals surface area contributed by atoms with E-state index in [-0.39, 0.29) is 24.0 Å². The molecule has 1 atom stereocenters. The monoisotopic (exact) mass is 459 g/mol. The lowest BCUT2D eigenvalue weighted by Gasteiger charge is -2.22. The van der Waals surface area contributed by atoms with Crippen LogP contribution in [0.25, 0.3) is 0 Å². The lowest BCUT2D eigenvalue weighted by molar-refractivity contribution is -0.148. The Morgan fingerprint density at radius 2 is 1.84 bits per heavy atom. The van der Waals surface area contributed by atoms with Crippen LogP contribution in [0.15, 0.2) is 41.3 Å². The topological polar surface area (TPSA) is 119 Å². The maximum absolute atomic E-state index is 12.9. The molecule has 0 bridgehead atoms. The number of hydrogen-bond acceptors (Lipinski definition) is 7. The minimum Gasteiger partial charge on any atom is -0.459 e. The van der Waals surface area contributed by atoms with Gasteiger partial charge in [-0.05, 0) is 53.2 Å². The van der Waals surface area contributed by atoms with E-state index < -0.39 is 34.9 Å². The first-order valence-corrected chi connectivity index (χ1v) is 12.1. The Hall–Kier alpha value is -2.69. The second-order valence-corrected chi connectivity index (χ2v) is 10.2. The molecule has 170 valence electrons. The van der Waals surface area contributed by atoms with E-state index in [0.717, 1.165) is 11.8 Å². The predicted molar refractivity (Wildman–Crippen MR) is 119 cm³/mol. The highest BCUT2D eigenvalue weighted by Crippen LogP contribution is 2.17. The van der Waals surface area contributed by atoms with Gasteiger partial charge in [-0.1, -0.05) is 32.0 Å². The summed E-state index contributed by atoms with van der Waals surface area (Å²) in [6.07, 6.45) is 1.12. The van der Waals surface area contributed by atoms with Crippen molar-refractivity contribution in [1.82, 2.24) is 5.32 Å². The number of carbonyl (C=O) groups is 2. The minimum atomic E-state index is -3.31. The van der Waals surface area contributed by atoms with E-state index in [9.17, 15) is 23.0 Å². The smallest absolute Gasteiger partial charge is 0.459 e. The molecule has 2 aromatic rings. The second-order valence-electron chi connectivity index (χ2n) is 8.19. The fraction of sp³-hybridized carbons (Fsp3) is 0.364. The fourth-order valence-electron chi connectivity index (χ4n) is 3.55. The summed E-state index contributed by atoms with van der Waals surface area (Å²) in [5.74, 6) is -1.28. The summed E-state index contributed by atoms with van der Waals surface area (Å²) in [7, 11) is -4.38. The third-order valence-electron chi connectivity index (χ3n) is 5.43. The van der Waals surface area contributed by atoms with E-state index in [4.69, 9.17) is 9.39 Å². The summed E-state index contributed by atoms with van der Waals surface area (Å²) in [6.45, 7) is 5.55. The van der Waals surface area contributed by atoms with Crippen molar-refractivity contribution in [3.8, 4) is 0 Å². The van der Waals surface area contributed by atoms with Gasteiger partial charge in [-0.15, -0.1) is 0 Å². The molecule has 0 saturated carbocycles. The molecule has 1 amide bonds. The average molecular weight is 459 g/mol. The number of rotatable bonds is 7. The van der Waals surface area contributed by atoms with Gasteiger partial charge in [0.1, 0.15) is 12.6 Å². The van der Waals surface area contributed by atoms with Gasteiger partial charge in [0.15, 0.2) is 9.84 Å². The zero-order valence-corrected chi connectivity index (χ0v) is 19.2. The Kier molecular flexibility index (Phi) is 7.07. The van der Waals surface area contributed by atoms with Crippen LogP contribution < -0.4 is 10.8 Å². The molecule has 2 N–H and O–H groups in total. The Morgan fingerprint density at radius 1 is 1.19 bits per heavy atom. The predicted octanol–water partition coefficient (Wildman–Crippen LogP) is 1.11. The van der Waals surface area contributed by atoms with E-state index in [0.29, 0.717) is 22.2 Å². The number of fused-ring (bicyclic) bond motifs is 1. The fourth-order valence-corrected chi connectivity index (χ4v) is 4.18. The van der Waals surface area contributed by atoms with Crippen LogP contribution in [0.1, 0.15) is 40.9 Å². The van der Waals surface area contributed by atoms with Gasteiger partial charge in [0.25, 0.3) is 5.91 Å². The molecule has 1 aliphatic heterocycles. The largest absolute Gasteiger partial charge is 0.492 e. The van der Waals surface area contributed by atoms with Crippen LogP contribution in [0.2, 0.25) is 0 Å². The van der Waals surface area contributed by atoms with E-state index in [1.165, 1.54) is 12.1 Å². The Balaban J connectivity index is 1.68. The maximum Gasteiger partial charge on any atom is 0.492 e. The van der Waals surface area contributed by atoms with Crippen molar-refractivity contribution < 1.29 is 32.4 Å². The number of nitrogens with one attached hydrogen (secondary N) is 1. The molecule has 0 saturated heterocycles. The first kappa shape index (κ1) is 24.0. The molecule has 10 heteroatoms. The summed E-state index contributed by atoms with van der Waals surface area (Å²) >= 11 is 0. The van der Waals surface area contributed by atoms with Crippen molar-refractivity contribution >= 4 is 34.3 Å². The molecule has 8 nitrogen and oxygen atoms in total. The summed E-state index contributed by atoms with van der Waals surface area (Å²) < 4.78 is 33.7. The number of ether oxygens (including phenoxy) is 1. The molecule has 0 spiro atoms. The minimum absolute atomic E-state index is 0.0522. The highest BCUT2D eigenvalue weighted by molar-refractivity contribution is 7.90. The van der Waals surface area contributed by atoms with Gasteiger partial charge in [0, 0.05) is 11.8 Å². The molecule has 3 rings (SSSR count). The van der Waals surface area contributed by atoms with Gasteiger partial charge >= 0.3 is 13.1 Å². The van der Waals surface area contributed by atoms with Crippen LogP contribution in [0.4, 0.5) is 0 Å². The highest BCUT2D eigenvalue weighted by atomic mass is 32.2. The van der Waals surface area contributed by atoms with Gasteiger partial charge in [-0.2, -0.15) is 0 Å². The maximum atomic E-state index is 12.9. The standard InChI is InChI=1S/C22H26BNO7S/c1-13(2)20(22(26)30-11-15-5-8-17(9-6-15)32(4,28)29)24-21(25)18-10-7-16-12-31-23(27)19(16)14(18)3/h5-10,13,20,27H,11-12H2,1-4H3,(H,24,25). The van der Waals surface area contributed by atoms with Crippen LogP contribution in [-0.2, 0) is 37.2 Å². The summed E-state index contributed by atoms with van der Waals surface area (Å²) in [5.41, 5.74) is 2.99. The lowest BCUT2D eigenvalue weighted by Crippen LogP contribution is -2.46. The van der Waals surface area contributed by atoms with Gasteiger partial charge in [-0.3, -0.25) is 4.79 Å². The molecule has 1 heterocycles. The van der Waals surface area contributed by atoms with E-state index in [1.54, 1.807) is 45.0 Å². The number of benzene rings is 2. The molecule has 0 aromatic heterocycles. The van der Waals surface area contributed by atoms with Gasteiger partial charge in [0.2, 0.25) is 0 Å². The zero-order chi connectivity index (χ0) is 23.6. The van der Waals surface area contributed by atoms with E-state index in [1.807, 2.05) is 0 Å². The molecule has 0 radical (unpaired) electrons. The number of hydrogen-bond donors (Lipinski definition) is 2. The average Bonchev–Trinajstić information content (AvgIpc) is 3.11. The third-order valence-corrected chi connectivity index (χ3v) is 6.56. The number of esters is 1. The van der Waals surface area contributed by atoms with Crippen LogP contribution in [-0.4, -0.2) is 44.7 Å². The van der Waals surface area contributed by atoms with E-state index >= 15 is 0 Å². The van der Waals surface area contributed by atoms with Gasteiger partial charge in [0.05, 0.1) is 11.5 Å². The van der Waals surface area contributed by atoms with Crippen LogP contribution in [0.3, 0.4) is 0 Å². The van der Waals surface area contributed by atoms with Crippen molar-refractivity contribution in [2.45, 2.75) is 44.9 Å². The first-order valence-electron chi connectivity index (χ1n) is 10.2. The van der Waals surface area contributed by atoms with Gasteiger partial charge < -0.3 is 19.7 Å². The van der Waals surface area contributed by atoms with Crippen LogP contribution in [0.5, 0.6) is 0 Å². The van der Waals surface area contributed by atoms with Crippen LogP contribution >= 0.6 is 0 Å². The SMILES string of the molecule is Cc1c(C(=O)NC(C(=O)OCc2ccc(S(C)(=O)=O)cc2)C(C)C)ccc2c1B(O)OC2. The summed E-state index contributed by atoms with van der Waals surface area (Å²) in [6, 6.07) is 8.56. The van der Waals surface area contributed by atoms with Gasteiger partial charge in [-0.25, -0.2) is 13.2 Å². The molecular formula is C22H26BNO7S. The van der Waals surface area contributed by atoms with Crippen molar-refractivity contribution in [3.63, 3.8) is 0 Å². The van der Waals surface area contributed by atoms with Crippen molar-refractivity contribution in [1.29, 1.82) is 0 Å². The Labute approximate surface area is 188 Å². The molecular weight excluding hydrogens is 433 g/mol. The Bertz CT molecular complexity index is 1130. The quantitative estimate of drug-likeness (QED) is 0.470. The zero-order valence-electron chi connectivity index (χ0n) is 18.4. The molecule has 1 unspecified atom stereocenters. The summed E-state index contributed by atoms with van der Waals surface area (Å²) in [5, 5.41) is 12.7. The third kappa shape index (κ3) is 5.20. The van der Waals surface area contributed by atoms with Crippen molar-refractivity contribution in [2.75, 3.05) is 6.26 Å². The number of amides is 1. The van der Waals surface area contributed by atoms with E-state index in [2.05, 4.69) is 5.32 Å². The molecule has 0 fully saturated rings. The molecule has 32 heavy (non-hydrogen) atoms. The number of sulfone groups is 1. The number of carbonyl (C=O) groups excluding carboxylic acids is 2. The second kappa shape index (κ2) is 9.44. The Morgan fingerprint density at radius 3 is 2.44 bits per heavy atom. The van der Waals surface area contributed by atoms with Crippen LogP contribution in [0, 0.1) is 12.8 Å². The van der Waals surface area contributed by atoms with Crippen molar-refractivity contribution in [3.05, 3.63) is 58.7 Å². The molecule has 2 aromatic carbocycles.